The van der Waals surface area contributed by atoms with Crippen LogP contribution in [0.5, 0.6) is 0 Å². The van der Waals surface area contributed by atoms with E-state index in [1.807, 2.05) is 0 Å². The van der Waals surface area contributed by atoms with Crippen molar-refractivity contribution in [1.29, 1.82) is 0 Å². The summed E-state index contributed by atoms with van der Waals surface area (Å²) in [7, 11) is 0. The Morgan fingerprint density at radius 1 is 1.11 bits per heavy atom. The molecule has 0 bridgehead atoms. The highest BCUT2D eigenvalue weighted by atomic mass is 16.9. The van der Waals surface area contributed by atoms with Crippen LogP contribution >= 0.6 is 0 Å². The third kappa shape index (κ3) is 3.91. The van der Waals surface area contributed by atoms with Gasteiger partial charge in [0.25, 0.3) is 0 Å². The van der Waals surface area contributed by atoms with Crippen LogP contribution in [0.15, 0.2) is 0 Å². The van der Waals surface area contributed by atoms with Gasteiger partial charge in [0, 0.05) is 23.9 Å². The predicted molar refractivity (Wildman–Crippen MR) is 76.4 cm³/mol. The molecule has 0 amide bonds. The minimum Gasteiger partial charge on any atom is -0.328 e. The predicted octanol–water partition coefficient (Wildman–Crippen LogP) is 2.94. The second kappa shape index (κ2) is 4.99. The summed E-state index contributed by atoms with van der Waals surface area (Å²) in [5, 5.41) is 3.66. The molecule has 2 fully saturated rings. The van der Waals surface area contributed by atoms with E-state index < -0.39 is 5.79 Å². The summed E-state index contributed by atoms with van der Waals surface area (Å²) in [6.07, 6.45) is 3.94. The van der Waals surface area contributed by atoms with Crippen LogP contribution in [-0.2, 0) is 9.57 Å². The first-order chi connectivity index (χ1) is 8.62. The lowest BCUT2D eigenvalue weighted by Gasteiger charge is -2.49. The van der Waals surface area contributed by atoms with E-state index >= 15 is 0 Å². The molecule has 0 radical (unpaired) electrons. The highest BCUT2D eigenvalue weighted by Gasteiger charge is 2.53. The molecule has 0 aromatic rings. The lowest BCUT2D eigenvalue weighted by atomic mass is 9.79. The molecule has 2 saturated heterocycles. The van der Waals surface area contributed by atoms with Crippen LogP contribution in [0.3, 0.4) is 0 Å². The number of hydrogen-bond donors (Lipinski definition) is 2. The molecule has 0 aliphatic carbocycles. The Morgan fingerprint density at radius 3 is 2.21 bits per heavy atom. The van der Waals surface area contributed by atoms with Gasteiger partial charge in [0.15, 0.2) is 5.79 Å². The van der Waals surface area contributed by atoms with E-state index in [4.69, 9.17) is 9.57 Å². The van der Waals surface area contributed by atoms with Crippen molar-refractivity contribution in [2.45, 2.75) is 90.3 Å². The Balaban J connectivity index is 2.00. The van der Waals surface area contributed by atoms with Crippen molar-refractivity contribution in [3.05, 3.63) is 0 Å². The fraction of sp³-hybridized carbons (Fsp3) is 1.00. The first kappa shape index (κ1) is 15.2. The molecule has 0 aromatic carbocycles. The van der Waals surface area contributed by atoms with E-state index in [0.29, 0.717) is 5.92 Å². The first-order valence-electron chi connectivity index (χ1n) is 7.52. The van der Waals surface area contributed by atoms with E-state index in [1.54, 1.807) is 0 Å². The van der Waals surface area contributed by atoms with Gasteiger partial charge in [-0.3, -0.25) is 4.84 Å². The summed E-state index contributed by atoms with van der Waals surface area (Å²) >= 11 is 0. The molecule has 2 N–H and O–H groups in total. The van der Waals surface area contributed by atoms with Crippen LogP contribution in [-0.4, -0.2) is 23.1 Å². The quantitative estimate of drug-likeness (QED) is 0.827. The fourth-order valence-corrected chi connectivity index (χ4v) is 3.65. The van der Waals surface area contributed by atoms with Gasteiger partial charge in [0.05, 0.1) is 0 Å². The molecule has 2 aliphatic rings. The topological polar surface area (TPSA) is 42.5 Å². The third-order valence-electron chi connectivity index (χ3n) is 3.84. The Bertz CT molecular complexity index is 310. The van der Waals surface area contributed by atoms with Gasteiger partial charge < -0.3 is 10.1 Å². The maximum atomic E-state index is 6.24. The van der Waals surface area contributed by atoms with Crippen LogP contribution < -0.4 is 10.8 Å². The Kier molecular flexibility index (Phi) is 4.00. The maximum Gasteiger partial charge on any atom is 0.193 e. The SMILES string of the molecule is CC(C)CCC1NOC2(CC(C)(C)NC(C)(C)C2)O1. The highest BCUT2D eigenvalue weighted by molar-refractivity contribution is 5.02. The van der Waals surface area contributed by atoms with Crippen molar-refractivity contribution >= 4 is 0 Å². The molecular formula is C15H30N2O2. The van der Waals surface area contributed by atoms with Crippen LogP contribution in [0.4, 0.5) is 0 Å². The summed E-state index contributed by atoms with van der Waals surface area (Å²) in [6, 6.07) is 0. The van der Waals surface area contributed by atoms with Gasteiger partial charge in [-0.05, 0) is 46.5 Å². The summed E-state index contributed by atoms with van der Waals surface area (Å²) in [4.78, 5) is 5.89. The average molecular weight is 270 g/mol. The molecule has 19 heavy (non-hydrogen) atoms. The molecule has 4 nitrogen and oxygen atoms in total. The van der Waals surface area contributed by atoms with E-state index in [1.165, 1.54) is 0 Å². The Hall–Kier alpha value is -0.160. The van der Waals surface area contributed by atoms with E-state index in [-0.39, 0.29) is 17.3 Å². The Labute approximate surface area is 117 Å². The second-order valence-electron chi connectivity index (χ2n) is 7.95. The molecule has 2 aliphatic heterocycles. The van der Waals surface area contributed by atoms with Crippen molar-refractivity contribution in [3.8, 4) is 0 Å². The third-order valence-corrected chi connectivity index (χ3v) is 3.84. The van der Waals surface area contributed by atoms with Crippen LogP contribution in [0.1, 0.15) is 67.2 Å². The normalized spacial score (nSPS) is 32.1. The minimum absolute atomic E-state index is 0.0242. The zero-order chi connectivity index (χ0) is 14.3. The van der Waals surface area contributed by atoms with E-state index in [0.717, 1.165) is 25.7 Å². The summed E-state index contributed by atoms with van der Waals surface area (Å²) in [6.45, 7) is 13.3. The lowest BCUT2D eigenvalue weighted by molar-refractivity contribution is -0.223. The van der Waals surface area contributed by atoms with Crippen LogP contribution in [0.2, 0.25) is 0 Å². The molecule has 1 atom stereocenters. The zero-order valence-electron chi connectivity index (χ0n) is 13.3. The molecule has 4 heteroatoms. The average Bonchev–Trinajstić information content (AvgIpc) is 2.52. The first-order valence-corrected chi connectivity index (χ1v) is 7.52. The summed E-state index contributed by atoms with van der Waals surface area (Å²) < 4.78 is 6.24. The van der Waals surface area contributed by atoms with Crippen LogP contribution in [0, 0.1) is 5.92 Å². The van der Waals surface area contributed by atoms with E-state index in [9.17, 15) is 0 Å². The van der Waals surface area contributed by atoms with Crippen molar-refractivity contribution in [2.75, 3.05) is 0 Å². The number of hydrogen-bond acceptors (Lipinski definition) is 4. The number of nitrogens with one attached hydrogen (secondary N) is 2. The maximum absolute atomic E-state index is 6.24. The number of piperidine rings is 1. The molecule has 1 spiro atoms. The summed E-state index contributed by atoms with van der Waals surface area (Å²) in [5.74, 6) is 0.225. The summed E-state index contributed by atoms with van der Waals surface area (Å²) in [5.41, 5.74) is 3.15. The molecule has 1 unspecified atom stereocenters. The number of rotatable bonds is 3. The van der Waals surface area contributed by atoms with Gasteiger partial charge in [-0.25, -0.2) is 0 Å². The van der Waals surface area contributed by atoms with Crippen molar-refractivity contribution in [2.24, 2.45) is 5.92 Å². The van der Waals surface area contributed by atoms with Gasteiger partial charge in [0.2, 0.25) is 0 Å². The van der Waals surface area contributed by atoms with Gasteiger partial charge in [0.1, 0.15) is 6.23 Å². The number of hydroxylamine groups is 1. The van der Waals surface area contributed by atoms with Gasteiger partial charge in [-0.15, -0.1) is 0 Å². The minimum atomic E-state index is -0.472. The standard InChI is InChI=1S/C15H30N2O2/c1-11(2)7-8-12-16-19-15(18-12)9-13(3,4)17-14(5,6)10-15/h11-12,16-17H,7-10H2,1-6H3. The second-order valence-corrected chi connectivity index (χ2v) is 7.95. The van der Waals surface area contributed by atoms with Gasteiger partial charge in [-0.1, -0.05) is 13.8 Å². The molecule has 0 saturated carbocycles. The molecule has 112 valence electrons. The lowest BCUT2D eigenvalue weighted by Crippen LogP contribution is -2.64. The molecule has 0 aromatic heterocycles. The smallest absolute Gasteiger partial charge is 0.193 e. The molecule has 2 heterocycles. The highest BCUT2D eigenvalue weighted by Crippen LogP contribution is 2.42. The van der Waals surface area contributed by atoms with Crippen molar-refractivity contribution < 1.29 is 9.57 Å². The van der Waals surface area contributed by atoms with Crippen molar-refractivity contribution in [3.63, 3.8) is 0 Å². The fourth-order valence-electron chi connectivity index (χ4n) is 3.65. The Morgan fingerprint density at radius 2 is 1.68 bits per heavy atom. The van der Waals surface area contributed by atoms with Gasteiger partial charge >= 0.3 is 0 Å². The monoisotopic (exact) mass is 270 g/mol. The van der Waals surface area contributed by atoms with Crippen LogP contribution in [0.25, 0.3) is 0 Å². The van der Waals surface area contributed by atoms with Crippen molar-refractivity contribution in [1.82, 2.24) is 10.8 Å². The zero-order valence-corrected chi connectivity index (χ0v) is 13.3. The molecule has 2 rings (SSSR count). The molecular weight excluding hydrogens is 240 g/mol. The number of ether oxygens (including phenoxy) is 1. The van der Waals surface area contributed by atoms with Gasteiger partial charge in [-0.2, -0.15) is 5.48 Å². The largest absolute Gasteiger partial charge is 0.328 e. The van der Waals surface area contributed by atoms with E-state index in [2.05, 4.69) is 52.3 Å².